The first-order chi connectivity index (χ1) is 14.1. The van der Waals surface area contributed by atoms with E-state index in [9.17, 15) is 9.59 Å². The number of nitrogens with zero attached hydrogens (tertiary/aromatic N) is 4. The smallest absolute Gasteiger partial charge is 0.324 e. The van der Waals surface area contributed by atoms with E-state index in [4.69, 9.17) is 9.26 Å². The zero-order valence-electron chi connectivity index (χ0n) is 16.4. The van der Waals surface area contributed by atoms with Crippen LogP contribution < -0.4 is 15.5 Å². The standard InChI is InChI=1S/C18H24N6O4S/c1-19-16(26)22-17-20-12-7-8-24(9-13(12)29-17)18-21-14(23-28-18)10-3-5-11(6-4-10)15(25)27-2/h10-11H,3-9H2,1-2H3,(H2,19,20,22,26). The minimum atomic E-state index is -0.281. The second-order valence-corrected chi connectivity index (χ2v) is 8.36. The van der Waals surface area contributed by atoms with Crippen LogP contribution in [-0.2, 0) is 22.5 Å². The number of carbonyl (C=O) groups is 2. The third kappa shape index (κ3) is 4.19. The molecule has 2 aliphatic rings. The molecule has 0 spiro atoms. The molecule has 3 heterocycles. The first kappa shape index (κ1) is 19.6. The number of rotatable bonds is 4. The Labute approximate surface area is 172 Å². The number of urea groups is 1. The summed E-state index contributed by atoms with van der Waals surface area (Å²) in [5.74, 6) is 0.768. The lowest BCUT2D eigenvalue weighted by atomic mass is 9.82. The highest BCUT2D eigenvalue weighted by Crippen LogP contribution is 2.36. The molecule has 2 aromatic rings. The number of ether oxygens (including phenoxy) is 1. The number of carbonyl (C=O) groups excluding carboxylic acids is 2. The fourth-order valence-corrected chi connectivity index (χ4v) is 4.87. The molecule has 0 unspecified atom stereocenters. The van der Waals surface area contributed by atoms with E-state index < -0.39 is 0 Å². The molecule has 156 valence electrons. The summed E-state index contributed by atoms with van der Waals surface area (Å²) in [5.41, 5.74) is 0.999. The number of aromatic nitrogens is 3. The fourth-order valence-electron chi connectivity index (χ4n) is 3.85. The van der Waals surface area contributed by atoms with Gasteiger partial charge in [0.05, 0.1) is 25.3 Å². The van der Waals surface area contributed by atoms with Gasteiger partial charge in [0.2, 0.25) is 0 Å². The molecule has 10 nitrogen and oxygen atoms in total. The largest absolute Gasteiger partial charge is 0.469 e. The molecule has 29 heavy (non-hydrogen) atoms. The second kappa shape index (κ2) is 8.36. The molecule has 1 fully saturated rings. The van der Waals surface area contributed by atoms with Gasteiger partial charge < -0.3 is 19.5 Å². The molecular formula is C18H24N6O4S. The number of amides is 2. The van der Waals surface area contributed by atoms with Crippen LogP contribution in [-0.4, -0.2) is 47.8 Å². The molecule has 0 saturated heterocycles. The van der Waals surface area contributed by atoms with Crippen molar-refractivity contribution in [2.24, 2.45) is 5.92 Å². The van der Waals surface area contributed by atoms with Crippen LogP contribution in [0.1, 0.15) is 48.0 Å². The summed E-state index contributed by atoms with van der Waals surface area (Å²) in [4.78, 5) is 35.4. The SMILES string of the molecule is CNC(=O)Nc1nc2c(s1)CN(c1nc(C3CCC(C(=O)OC)CC3)no1)CC2. The van der Waals surface area contributed by atoms with Crippen LogP contribution in [0.25, 0.3) is 0 Å². The Morgan fingerprint density at radius 3 is 2.76 bits per heavy atom. The van der Waals surface area contributed by atoms with Crippen molar-refractivity contribution in [3.05, 3.63) is 16.4 Å². The number of hydrogen-bond acceptors (Lipinski definition) is 9. The lowest BCUT2D eigenvalue weighted by Gasteiger charge is -2.25. The van der Waals surface area contributed by atoms with Gasteiger partial charge in [-0.25, -0.2) is 9.78 Å². The summed E-state index contributed by atoms with van der Waals surface area (Å²) >= 11 is 1.46. The lowest BCUT2D eigenvalue weighted by Crippen LogP contribution is -2.30. The molecule has 0 bridgehead atoms. The van der Waals surface area contributed by atoms with Gasteiger partial charge in [0.25, 0.3) is 0 Å². The summed E-state index contributed by atoms with van der Waals surface area (Å²) in [6, 6.07) is 0.228. The Morgan fingerprint density at radius 1 is 1.24 bits per heavy atom. The summed E-state index contributed by atoms with van der Waals surface area (Å²) in [6.07, 6.45) is 4.04. The number of fused-ring (bicyclic) bond motifs is 1. The van der Waals surface area contributed by atoms with Crippen molar-refractivity contribution in [1.29, 1.82) is 0 Å². The molecule has 1 aliphatic carbocycles. The molecule has 0 atom stereocenters. The number of anilines is 2. The number of nitrogens with one attached hydrogen (secondary N) is 2. The Morgan fingerprint density at radius 2 is 2.03 bits per heavy atom. The summed E-state index contributed by atoms with van der Waals surface area (Å²) in [5, 5.41) is 10.0. The molecule has 2 N–H and O–H groups in total. The van der Waals surface area contributed by atoms with Crippen molar-refractivity contribution >= 4 is 34.5 Å². The van der Waals surface area contributed by atoms with E-state index >= 15 is 0 Å². The Bertz CT molecular complexity index is 889. The van der Waals surface area contributed by atoms with Crippen LogP contribution in [0.3, 0.4) is 0 Å². The number of hydrogen-bond donors (Lipinski definition) is 2. The molecule has 0 radical (unpaired) electrons. The van der Waals surface area contributed by atoms with Gasteiger partial charge in [-0.05, 0) is 25.7 Å². The maximum Gasteiger partial charge on any atom is 0.324 e. The third-order valence-electron chi connectivity index (χ3n) is 5.51. The van der Waals surface area contributed by atoms with Gasteiger partial charge in [0.1, 0.15) is 0 Å². The van der Waals surface area contributed by atoms with E-state index in [1.165, 1.54) is 18.4 Å². The van der Waals surface area contributed by atoms with E-state index in [1.54, 1.807) is 7.05 Å². The maximum absolute atomic E-state index is 11.7. The maximum atomic E-state index is 11.7. The highest BCUT2D eigenvalue weighted by molar-refractivity contribution is 7.15. The molecule has 2 amide bonds. The highest BCUT2D eigenvalue weighted by atomic mass is 32.1. The second-order valence-electron chi connectivity index (χ2n) is 7.27. The molecule has 1 aliphatic heterocycles. The van der Waals surface area contributed by atoms with E-state index in [0.717, 1.165) is 49.2 Å². The lowest BCUT2D eigenvalue weighted by molar-refractivity contribution is -0.146. The van der Waals surface area contributed by atoms with Gasteiger partial charge in [0, 0.05) is 30.8 Å². The summed E-state index contributed by atoms with van der Waals surface area (Å²) < 4.78 is 10.4. The van der Waals surface area contributed by atoms with E-state index in [2.05, 4.69) is 25.8 Å². The average molecular weight is 420 g/mol. The minimum Gasteiger partial charge on any atom is -0.469 e. The highest BCUT2D eigenvalue weighted by Gasteiger charge is 2.31. The molecule has 11 heteroatoms. The van der Waals surface area contributed by atoms with Gasteiger partial charge >= 0.3 is 18.0 Å². The monoisotopic (exact) mass is 420 g/mol. The molecular weight excluding hydrogens is 396 g/mol. The van der Waals surface area contributed by atoms with E-state index in [1.807, 2.05) is 4.90 Å². The van der Waals surface area contributed by atoms with Crippen molar-refractivity contribution in [2.45, 2.75) is 44.6 Å². The summed E-state index contributed by atoms with van der Waals surface area (Å²) in [7, 11) is 3.00. The van der Waals surface area contributed by atoms with Crippen molar-refractivity contribution in [3.63, 3.8) is 0 Å². The van der Waals surface area contributed by atoms with Crippen molar-refractivity contribution in [1.82, 2.24) is 20.4 Å². The predicted molar refractivity (Wildman–Crippen MR) is 106 cm³/mol. The normalized spacial score (nSPS) is 21.4. The van der Waals surface area contributed by atoms with Crippen LogP contribution in [0.15, 0.2) is 4.52 Å². The molecule has 2 aromatic heterocycles. The first-order valence-corrected chi connectivity index (χ1v) is 10.5. The molecule has 1 saturated carbocycles. The molecule has 0 aromatic carbocycles. The van der Waals surface area contributed by atoms with Gasteiger partial charge in [-0.1, -0.05) is 16.5 Å². The topological polar surface area (TPSA) is 122 Å². The van der Waals surface area contributed by atoms with Crippen LogP contribution in [0.4, 0.5) is 15.9 Å². The zero-order chi connectivity index (χ0) is 20.4. The number of thiazole rings is 1. The van der Waals surface area contributed by atoms with E-state index in [0.29, 0.717) is 23.5 Å². The van der Waals surface area contributed by atoms with Gasteiger partial charge in [-0.2, -0.15) is 4.98 Å². The Kier molecular flexibility index (Phi) is 5.65. The number of esters is 1. The van der Waals surface area contributed by atoms with Crippen LogP contribution >= 0.6 is 11.3 Å². The third-order valence-corrected chi connectivity index (χ3v) is 6.50. The van der Waals surface area contributed by atoms with Gasteiger partial charge in [-0.3, -0.25) is 10.1 Å². The zero-order valence-corrected chi connectivity index (χ0v) is 17.3. The first-order valence-electron chi connectivity index (χ1n) is 9.71. The van der Waals surface area contributed by atoms with Crippen LogP contribution in [0.5, 0.6) is 0 Å². The molecule has 4 rings (SSSR count). The van der Waals surface area contributed by atoms with Crippen LogP contribution in [0.2, 0.25) is 0 Å². The predicted octanol–water partition coefficient (Wildman–Crippen LogP) is 2.29. The Balaban J connectivity index is 1.38. The van der Waals surface area contributed by atoms with Crippen molar-refractivity contribution in [2.75, 3.05) is 30.9 Å². The van der Waals surface area contributed by atoms with Gasteiger partial charge in [-0.15, -0.1) is 0 Å². The van der Waals surface area contributed by atoms with Crippen molar-refractivity contribution < 1.29 is 18.8 Å². The minimum absolute atomic E-state index is 0.0212. The fraction of sp³-hybridized carbons (Fsp3) is 0.611. The van der Waals surface area contributed by atoms with Crippen molar-refractivity contribution in [3.8, 4) is 0 Å². The van der Waals surface area contributed by atoms with E-state index in [-0.39, 0.29) is 23.8 Å². The quantitative estimate of drug-likeness (QED) is 0.723. The average Bonchev–Trinajstić information content (AvgIpc) is 3.39. The Hall–Kier alpha value is -2.69. The number of methoxy groups -OCH3 is 1. The summed E-state index contributed by atoms with van der Waals surface area (Å²) in [6.45, 7) is 1.35. The van der Waals surface area contributed by atoms with Crippen LogP contribution in [0, 0.1) is 5.92 Å². The van der Waals surface area contributed by atoms with Gasteiger partial charge in [0.15, 0.2) is 11.0 Å².